The Kier molecular flexibility index (Phi) is 7.91. The van der Waals surface area contributed by atoms with Gasteiger partial charge < -0.3 is 30.7 Å². The number of fused-ring (bicyclic) bond motifs is 1. The monoisotopic (exact) mass is 597 g/mol. The van der Waals surface area contributed by atoms with Crippen molar-refractivity contribution in [1.29, 1.82) is 0 Å². The van der Waals surface area contributed by atoms with E-state index in [0.717, 1.165) is 24.0 Å². The van der Waals surface area contributed by atoms with Crippen LogP contribution in [0.15, 0.2) is 79.6 Å². The zero-order valence-corrected chi connectivity index (χ0v) is 24.0. The lowest BCUT2D eigenvalue weighted by molar-refractivity contribution is -0.0402. The van der Waals surface area contributed by atoms with Gasteiger partial charge in [-0.3, -0.25) is 9.25 Å². The van der Waals surface area contributed by atoms with E-state index in [4.69, 9.17) is 14.7 Å². The molecule has 1 aliphatic carbocycles. The molecule has 4 heterocycles. The largest absolute Gasteiger partial charge is 0.391 e. The first-order valence-corrected chi connectivity index (χ1v) is 14.9. The third kappa shape index (κ3) is 5.62. The molecule has 2 fully saturated rings. The molecule has 44 heavy (non-hydrogen) atoms. The average Bonchev–Trinajstić information content (AvgIpc) is 3.85. The van der Waals surface area contributed by atoms with Crippen LogP contribution in [0.5, 0.6) is 0 Å². The van der Waals surface area contributed by atoms with Crippen molar-refractivity contribution >= 4 is 22.9 Å². The first-order chi connectivity index (χ1) is 21.5. The van der Waals surface area contributed by atoms with Crippen LogP contribution in [0.25, 0.3) is 11.2 Å². The molecule has 0 radical (unpaired) electrons. The number of anilines is 2. The Labute approximate surface area is 253 Å². The van der Waals surface area contributed by atoms with Crippen molar-refractivity contribution in [2.24, 2.45) is 0 Å². The number of aliphatic hydroxyl groups is 3. The summed E-state index contributed by atoms with van der Waals surface area (Å²) in [5.41, 5.74) is 3.23. The van der Waals surface area contributed by atoms with Crippen LogP contribution in [0.4, 0.5) is 11.8 Å². The van der Waals surface area contributed by atoms with Gasteiger partial charge in [-0.1, -0.05) is 60.7 Å². The normalized spacial score (nSPS) is 25.2. The molecule has 6 atom stereocenters. The van der Waals surface area contributed by atoms with Crippen LogP contribution in [0.3, 0.4) is 0 Å². The molecule has 13 nitrogen and oxygen atoms in total. The Balaban J connectivity index is 1.22. The molecule has 1 unspecified atom stereocenters. The summed E-state index contributed by atoms with van der Waals surface area (Å²) >= 11 is 0. The minimum Gasteiger partial charge on any atom is -0.391 e. The fourth-order valence-electron chi connectivity index (χ4n) is 6.18. The highest BCUT2D eigenvalue weighted by Gasteiger charge is 2.44. The number of imidazole rings is 1. The Morgan fingerprint density at radius 1 is 0.909 bits per heavy atom. The van der Waals surface area contributed by atoms with Gasteiger partial charge in [0.15, 0.2) is 23.2 Å². The van der Waals surface area contributed by atoms with Gasteiger partial charge in [0.05, 0.1) is 25.0 Å². The third-order valence-corrected chi connectivity index (χ3v) is 8.54. The molecule has 5 aromatic rings. The third-order valence-electron chi connectivity index (χ3n) is 8.54. The van der Waals surface area contributed by atoms with E-state index in [1.54, 1.807) is 15.6 Å². The van der Waals surface area contributed by atoms with Crippen LogP contribution in [-0.2, 0) is 11.3 Å². The van der Waals surface area contributed by atoms with Crippen molar-refractivity contribution in [1.82, 2.24) is 34.3 Å². The summed E-state index contributed by atoms with van der Waals surface area (Å²) < 4.78 is 9.32. The summed E-state index contributed by atoms with van der Waals surface area (Å²) in [5, 5.41) is 43.3. The molecule has 1 aliphatic heterocycles. The van der Waals surface area contributed by atoms with Gasteiger partial charge in [0.2, 0.25) is 5.95 Å². The maximum absolute atomic E-state index is 11.0. The highest BCUT2D eigenvalue weighted by atomic mass is 16.6. The summed E-state index contributed by atoms with van der Waals surface area (Å²) in [4.78, 5) is 18.1. The van der Waals surface area contributed by atoms with Gasteiger partial charge in [0.25, 0.3) is 0 Å². The Hall–Kier alpha value is -4.43. The van der Waals surface area contributed by atoms with Gasteiger partial charge in [0.1, 0.15) is 31.0 Å². The van der Waals surface area contributed by atoms with E-state index in [2.05, 4.69) is 50.0 Å². The maximum Gasteiger partial charge on any atom is 0.227 e. The Bertz CT molecular complexity index is 1630. The van der Waals surface area contributed by atoms with E-state index in [1.165, 1.54) is 12.7 Å². The maximum atomic E-state index is 11.0. The van der Waals surface area contributed by atoms with Crippen LogP contribution >= 0.6 is 0 Å². The number of hydrogen-bond acceptors (Lipinski definition) is 11. The molecule has 7 rings (SSSR count). The molecular formula is C31H35N9O4. The minimum absolute atomic E-state index is 0.0326. The minimum atomic E-state index is -1.24. The second kappa shape index (κ2) is 12.3. The fourth-order valence-corrected chi connectivity index (χ4v) is 6.18. The molecule has 0 amide bonds. The quantitative estimate of drug-likeness (QED) is 0.160. The van der Waals surface area contributed by atoms with Crippen molar-refractivity contribution < 1.29 is 20.1 Å². The van der Waals surface area contributed by atoms with E-state index >= 15 is 0 Å². The second-order valence-electron chi connectivity index (χ2n) is 11.4. The zero-order chi connectivity index (χ0) is 30.0. The lowest BCUT2D eigenvalue weighted by Crippen LogP contribution is -2.33. The van der Waals surface area contributed by atoms with Crippen molar-refractivity contribution in [2.45, 2.75) is 68.4 Å². The standard InChI is InChI=1S/C31H35N9O4/c41-23-13-7-12-22(23)36-31-37-28(33-14-21(19-8-3-1-4-9-19)20-10-5-2-6-11-20)25-29(38-31)40(18-34-25)30-27(43)26(42)24(44-30)15-39-17-32-16-35-39/h1-6,8-11,16-18,21-24,26-27,30,41-43H,7,12-15H2,(H2,33,36,37,38)/t22?,23-,24-,26-,27-,30-/m1/s1. The summed E-state index contributed by atoms with van der Waals surface area (Å²) in [7, 11) is 0. The van der Waals surface area contributed by atoms with Gasteiger partial charge in [-0.25, -0.2) is 9.97 Å². The topological polar surface area (TPSA) is 168 Å². The van der Waals surface area contributed by atoms with E-state index in [9.17, 15) is 15.3 Å². The number of hydrogen-bond donors (Lipinski definition) is 5. The van der Waals surface area contributed by atoms with E-state index in [-0.39, 0.29) is 18.5 Å². The van der Waals surface area contributed by atoms with Gasteiger partial charge in [-0.2, -0.15) is 15.1 Å². The van der Waals surface area contributed by atoms with Crippen molar-refractivity contribution in [3.63, 3.8) is 0 Å². The lowest BCUT2D eigenvalue weighted by atomic mass is 9.91. The van der Waals surface area contributed by atoms with Crippen LogP contribution in [0.1, 0.15) is 42.5 Å². The molecular weight excluding hydrogens is 562 g/mol. The Morgan fingerprint density at radius 2 is 1.66 bits per heavy atom. The zero-order valence-electron chi connectivity index (χ0n) is 24.0. The Morgan fingerprint density at radius 3 is 2.32 bits per heavy atom. The van der Waals surface area contributed by atoms with Crippen LogP contribution in [0.2, 0.25) is 0 Å². The van der Waals surface area contributed by atoms with E-state index < -0.39 is 30.6 Å². The number of nitrogens with one attached hydrogen (secondary N) is 2. The highest BCUT2D eigenvalue weighted by molar-refractivity contribution is 5.84. The van der Waals surface area contributed by atoms with Crippen LogP contribution in [0, 0.1) is 0 Å². The number of nitrogens with zero attached hydrogens (tertiary/aromatic N) is 7. The first-order valence-electron chi connectivity index (χ1n) is 14.9. The molecule has 1 saturated heterocycles. The number of rotatable bonds is 10. The van der Waals surface area contributed by atoms with E-state index in [0.29, 0.717) is 35.9 Å². The number of benzene rings is 2. The molecule has 0 bridgehead atoms. The molecule has 13 heteroatoms. The molecule has 0 spiro atoms. The predicted molar refractivity (Wildman–Crippen MR) is 162 cm³/mol. The molecule has 2 aliphatic rings. The predicted octanol–water partition coefficient (Wildman–Crippen LogP) is 2.31. The summed E-state index contributed by atoms with van der Waals surface area (Å²) in [6.45, 7) is 0.746. The second-order valence-corrected chi connectivity index (χ2v) is 11.4. The lowest BCUT2D eigenvalue weighted by Gasteiger charge is -2.21. The molecule has 3 aromatic heterocycles. The summed E-state index contributed by atoms with van der Waals surface area (Å²) in [6.07, 6.45) is 2.34. The summed E-state index contributed by atoms with van der Waals surface area (Å²) in [5.74, 6) is 0.869. The molecule has 1 saturated carbocycles. The van der Waals surface area contributed by atoms with Gasteiger partial charge in [-0.15, -0.1) is 0 Å². The number of ether oxygens (including phenoxy) is 1. The number of aliphatic hydroxyl groups excluding tert-OH is 3. The van der Waals surface area contributed by atoms with Crippen LogP contribution < -0.4 is 10.6 Å². The highest BCUT2D eigenvalue weighted by Crippen LogP contribution is 2.34. The van der Waals surface area contributed by atoms with Crippen molar-refractivity contribution in [3.05, 3.63) is 90.8 Å². The van der Waals surface area contributed by atoms with Gasteiger partial charge >= 0.3 is 0 Å². The van der Waals surface area contributed by atoms with Crippen LogP contribution in [-0.4, -0.2) is 86.6 Å². The fraction of sp³-hybridized carbons (Fsp3) is 0.387. The molecule has 2 aromatic carbocycles. The molecule has 228 valence electrons. The van der Waals surface area contributed by atoms with E-state index in [1.807, 2.05) is 36.4 Å². The first kappa shape index (κ1) is 28.3. The smallest absolute Gasteiger partial charge is 0.227 e. The summed E-state index contributed by atoms with van der Waals surface area (Å²) in [6, 6.07) is 20.4. The SMILES string of the molecule is O[C@@H]1[C@H](O)[C@@H](Cn2cncn2)O[C@H]1n1cnc2c(NCC(c3ccccc3)c3ccccc3)nc(NC3CCC[C@H]3O)nc21. The number of aromatic nitrogens is 7. The van der Waals surface area contributed by atoms with Crippen molar-refractivity contribution in [2.75, 3.05) is 17.2 Å². The average molecular weight is 598 g/mol. The van der Waals surface area contributed by atoms with Gasteiger partial charge in [-0.05, 0) is 30.4 Å². The van der Waals surface area contributed by atoms with Gasteiger partial charge in [0, 0.05) is 12.5 Å². The van der Waals surface area contributed by atoms with Crippen molar-refractivity contribution in [3.8, 4) is 0 Å². The molecule has 5 N–H and O–H groups in total.